The molecule has 90 valence electrons. The molecule has 5 heteroatoms. The highest BCUT2D eigenvalue weighted by Gasteiger charge is 2.31. The van der Waals surface area contributed by atoms with Gasteiger partial charge in [0.25, 0.3) is 0 Å². The average molecular weight is 243 g/mol. The van der Waals surface area contributed by atoms with Crippen LogP contribution < -0.4 is 0 Å². The molecule has 0 N–H and O–H groups in total. The molecule has 16 heavy (non-hydrogen) atoms. The minimum atomic E-state index is -0.125. The molecule has 2 unspecified atom stereocenters. The molecule has 4 nitrogen and oxygen atoms in total. The van der Waals surface area contributed by atoms with Crippen molar-refractivity contribution in [2.75, 3.05) is 0 Å². The van der Waals surface area contributed by atoms with Crippen molar-refractivity contribution in [1.29, 1.82) is 0 Å². The Bertz CT molecular complexity index is 359. The largest absolute Gasteiger partial charge is 0.225 e. The lowest BCUT2D eigenvalue weighted by molar-refractivity contribution is 0.170. The molecule has 0 bridgehead atoms. The fourth-order valence-corrected chi connectivity index (χ4v) is 2.73. The lowest BCUT2D eigenvalue weighted by Gasteiger charge is -2.35. The topological polar surface area (TPSA) is 43.6 Å². The molecule has 0 amide bonds. The van der Waals surface area contributed by atoms with Gasteiger partial charge in [-0.2, -0.15) is 0 Å². The maximum absolute atomic E-state index is 6.08. The molecule has 1 saturated carbocycles. The monoisotopic (exact) mass is 242 g/mol. The predicted octanol–water partition coefficient (Wildman–Crippen LogP) is 3.11. The van der Waals surface area contributed by atoms with Crippen LogP contribution in [0, 0.1) is 5.41 Å². The van der Waals surface area contributed by atoms with Crippen molar-refractivity contribution in [2.24, 2.45) is 5.41 Å². The van der Waals surface area contributed by atoms with Crippen molar-refractivity contribution in [3.63, 3.8) is 0 Å². The van der Waals surface area contributed by atoms with E-state index in [1.807, 2.05) is 11.6 Å². The van der Waals surface area contributed by atoms with Gasteiger partial charge in [0.1, 0.15) is 0 Å². The van der Waals surface area contributed by atoms with E-state index in [0.717, 1.165) is 18.7 Å². The SMILES string of the molecule is CC(Cl)c1nnnn1C1CCCC(C)(C)C1. The fourth-order valence-electron chi connectivity index (χ4n) is 2.59. The molecule has 0 aromatic carbocycles. The molecule has 2 rings (SSSR count). The maximum atomic E-state index is 6.08. The summed E-state index contributed by atoms with van der Waals surface area (Å²) in [5.41, 5.74) is 0.391. The summed E-state index contributed by atoms with van der Waals surface area (Å²) in [4.78, 5) is 0. The zero-order chi connectivity index (χ0) is 11.8. The van der Waals surface area contributed by atoms with Gasteiger partial charge in [0.2, 0.25) is 0 Å². The van der Waals surface area contributed by atoms with Crippen LogP contribution in [-0.2, 0) is 0 Å². The van der Waals surface area contributed by atoms with E-state index in [-0.39, 0.29) is 5.38 Å². The average Bonchev–Trinajstić information content (AvgIpc) is 2.64. The predicted molar refractivity (Wildman–Crippen MR) is 63.4 cm³/mol. The molecule has 1 heterocycles. The summed E-state index contributed by atoms with van der Waals surface area (Å²) in [5, 5.41) is 11.7. The van der Waals surface area contributed by atoms with Crippen molar-refractivity contribution in [1.82, 2.24) is 20.2 Å². The number of alkyl halides is 1. The Kier molecular flexibility index (Phi) is 3.19. The number of halogens is 1. The summed E-state index contributed by atoms with van der Waals surface area (Å²) >= 11 is 6.08. The molecular weight excluding hydrogens is 224 g/mol. The minimum absolute atomic E-state index is 0.125. The van der Waals surface area contributed by atoms with Crippen LogP contribution in [0.4, 0.5) is 0 Å². The number of tetrazole rings is 1. The summed E-state index contributed by atoms with van der Waals surface area (Å²) in [6.45, 7) is 6.54. The van der Waals surface area contributed by atoms with Gasteiger partial charge in [-0.05, 0) is 42.0 Å². The Morgan fingerprint density at radius 2 is 2.25 bits per heavy atom. The lowest BCUT2D eigenvalue weighted by Crippen LogP contribution is -2.26. The quantitative estimate of drug-likeness (QED) is 0.749. The summed E-state index contributed by atoms with van der Waals surface area (Å²) in [5.74, 6) is 0.796. The molecule has 1 fully saturated rings. The fraction of sp³-hybridized carbons (Fsp3) is 0.909. The summed E-state index contributed by atoms with van der Waals surface area (Å²) in [6.07, 6.45) is 4.82. The lowest BCUT2D eigenvalue weighted by atomic mass is 9.75. The van der Waals surface area contributed by atoms with E-state index < -0.39 is 0 Å². The first-order valence-electron chi connectivity index (χ1n) is 5.91. The Balaban J connectivity index is 2.20. The Morgan fingerprint density at radius 3 is 2.88 bits per heavy atom. The van der Waals surface area contributed by atoms with Crippen molar-refractivity contribution >= 4 is 11.6 Å². The first kappa shape index (κ1) is 11.8. The molecule has 0 saturated heterocycles. The second-order valence-corrected chi connectivity index (χ2v) is 6.17. The molecule has 0 radical (unpaired) electrons. The molecule has 1 aliphatic rings. The minimum Gasteiger partial charge on any atom is -0.225 e. The second kappa shape index (κ2) is 4.32. The molecule has 1 aromatic rings. The number of rotatable bonds is 2. The molecule has 0 spiro atoms. The third kappa shape index (κ3) is 2.37. The van der Waals surface area contributed by atoms with Gasteiger partial charge in [-0.25, -0.2) is 4.68 Å². The molecule has 2 atom stereocenters. The Labute approximate surface area is 101 Å². The number of aromatic nitrogens is 4. The van der Waals surface area contributed by atoms with Gasteiger partial charge in [-0.1, -0.05) is 20.3 Å². The van der Waals surface area contributed by atoms with E-state index in [9.17, 15) is 0 Å². The van der Waals surface area contributed by atoms with E-state index in [2.05, 4.69) is 29.4 Å². The van der Waals surface area contributed by atoms with E-state index in [4.69, 9.17) is 11.6 Å². The van der Waals surface area contributed by atoms with Gasteiger partial charge < -0.3 is 0 Å². The van der Waals surface area contributed by atoms with E-state index in [0.29, 0.717) is 11.5 Å². The van der Waals surface area contributed by atoms with Crippen molar-refractivity contribution < 1.29 is 0 Å². The summed E-state index contributed by atoms with van der Waals surface area (Å²) in [7, 11) is 0. The van der Waals surface area contributed by atoms with Gasteiger partial charge in [0, 0.05) is 0 Å². The van der Waals surface area contributed by atoms with Crippen molar-refractivity contribution in [2.45, 2.75) is 57.9 Å². The number of hydrogen-bond acceptors (Lipinski definition) is 3. The third-order valence-electron chi connectivity index (χ3n) is 3.40. The zero-order valence-corrected chi connectivity index (χ0v) is 10.9. The second-order valence-electron chi connectivity index (χ2n) is 5.51. The Morgan fingerprint density at radius 1 is 1.50 bits per heavy atom. The smallest absolute Gasteiger partial charge is 0.169 e. The van der Waals surface area contributed by atoms with E-state index in [1.54, 1.807) is 0 Å². The van der Waals surface area contributed by atoms with Crippen molar-refractivity contribution in [3.05, 3.63) is 5.82 Å². The molecule has 1 aliphatic carbocycles. The van der Waals surface area contributed by atoms with Gasteiger partial charge in [0.05, 0.1) is 11.4 Å². The van der Waals surface area contributed by atoms with Crippen molar-refractivity contribution in [3.8, 4) is 0 Å². The number of hydrogen-bond donors (Lipinski definition) is 0. The number of nitrogens with zero attached hydrogens (tertiary/aromatic N) is 4. The highest BCUT2D eigenvalue weighted by Crippen LogP contribution is 2.41. The van der Waals surface area contributed by atoms with Crippen LogP contribution in [0.1, 0.15) is 63.7 Å². The Hall–Kier alpha value is -0.640. The van der Waals surface area contributed by atoms with Gasteiger partial charge in [-0.15, -0.1) is 16.7 Å². The standard InChI is InChI=1S/C11H19ClN4/c1-8(12)10-13-14-15-16(10)9-5-4-6-11(2,3)7-9/h8-9H,4-7H2,1-3H3. The van der Waals surface area contributed by atoms with Crippen LogP contribution >= 0.6 is 11.6 Å². The molecular formula is C11H19ClN4. The highest BCUT2D eigenvalue weighted by atomic mass is 35.5. The first-order chi connectivity index (χ1) is 7.49. The van der Waals surface area contributed by atoms with Crippen LogP contribution in [0.3, 0.4) is 0 Å². The van der Waals surface area contributed by atoms with Gasteiger partial charge >= 0.3 is 0 Å². The van der Waals surface area contributed by atoms with Gasteiger partial charge in [0.15, 0.2) is 5.82 Å². The highest BCUT2D eigenvalue weighted by molar-refractivity contribution is 6.20. The summed E-state index contributed by atoms with van der Waals surface area (Å²) in [6, 6.07) is 0.412. The molecule has 0 aliphatic heterocycles. The first-order valence-corrected chi connectivity index (χ1v) is 6.35. The third-order valence-corrected chi connectivity index (χ3v) is 3.59. The van der Waals surface area contributed by atoms with Crippen LogP contribution in [0.5, 0.6) is 0 Å². The van der Waals surface area contributed by atoms with Crippen LogP contribution in [0.2, 0.25) is 0 Å². The summed E-state index contributed by atoms with van der Waals surface area (Å²) < 4.78 is 1.93. The molecule has 1 aromatic heterocycles. The van der Waals surface area contributed by atoms with E-state index in [1.165, 1.54) is 12.8 Å². The zero-order valence-electron chi connectivity index (χ0n) is 10.1. The normalized spacial score (nSPS) is 26.6. The van der Waals surface area contributed by atoms with Crippen LogP contribution in [0.15, 0.2) is 0 Å². The van der Waals surface area contributed by atoms with Gasteiger partial charge in [-0.3, -0.25) is 0 Å². The maximum Gasteiger partial charge on any atom is 0.169 e. The van der Waals surface area contributed by atoms with Crippen LogP contribution in [-0.4, -0.2) is 20.2 Å². The van der Waals surface area contributed by atoms with Crippen LogP contribution in [0.25, 0.3) is 0 Å². The van der Waals surface area contributed by atoms with E-state index >= 15 is 0 Å².